The summed E-state index contributed by atoms with van der Waals surface area (Å²) in [4.78, 5) is 3.77. The molecule has 0 aromatic heterocycles. The summed E-state index contributed by atoms with van der Waals surface area (Å²) in [5.41, 5.74) is 6.52. The Kier molecular flexibility index (Phi) is 1.37. The molecule has 0 bridgehead atoms. The molecule has 0 fully saturated rings. The first-order valence-corrected chi connectivity index (χ1v) is 2.26. The summed E-state index contributed by atoms with van der Waals surface area (Å²) < 4.78 is 0. The molecule has 0 aliphatic carbocycles. The highest BCUT2D eigenvalue weighted by Gasteiger charge is 1.92. The van der Waals surface area contributed by atoms with Gasteiger partial charge < -0.3 is 5.32 Å². The molecule has 4 nitrogen and oxygen atoms in total. The van der Waals surface area contributed by atoms with Gasteiger partial charge >= 0.3 is 0 Å². The minimum absolute atomic E-state index is 0.521. The van der Waals surface area contributed by atoms with Crippen LogP contribution in [-0.4, -0.2) is 12.8 Å². The van der Waals surface area contributed by atoms with Crippen LogP contribution in [0.3, 0.4) is 0 Å². The van der Waals surface area contributed by atoms with Gasteiger partial charge in [0.25, 0.3) is 0 Å². The molecular weight excluding hydrogens is 104 g/mol. The van der Waals surface area contributed by atoms with Crippen LogP contribution in [0.25, 0.3) is 0 Å². The Morgan fingerprint density at radius 2 is 2.75 bits per heavy atom. The molecule has 2 N–H and O–H groups in total. The number of nitrogens with zero attached hydrogens (tertiary/aromatic N) is 2. The number of rotatable bonds is 1. The van der Waals surface area contributed by atoms with E-state index in [4.69, 9.17) is 5.53 Å². The second kappa shape index (κ2) is 2.20. The summed E-state index contributed by atoms with van der Waals surface area (Å²) in [6.45, 7) is 0.675. The molecule has 1 rings (SSSR count). The standard InChI is InChI=1S/C4H6N4/c5-8-4-3-6-1-2-7-4/h1,3,5,7H,2H2. The van der Waals surface area contributed by atoms with Crippen molar-refractivity contribution >= 4 is 6.21 Å². The minimum atomic E-state index is 0.521. The van der Waals surface area contributed by atoms with Crippen molar-refractivity contribution in [1.82, 2.24) is 5.32 Å². The Labute approximate surface area is 46.8 Å². The molecule has 0 aromatic carbocycles. The summed E-state index contributed by atoms with van der Waals surface area (Å²) in [7, 11) is 0. The van der Waals surface area contributed by atoms with E-state index in [1.54, 1.807) is 6.21 Å². The molecule has 4 heteroatoms. The topological polar surface area (TPSA) is 60.6 Å². The number of hydrogen-bond donors (Lipinski definition) is 2. The minimum Gasteiger partial charge on any atom is -0.362 e. The Bertz CT molecular complexity index is 146. The maximum atomic E-state index is 6.52. The highest BCUT2D eigenvalue weighted by Crippen LogP contribution is 1.92. The van der Waals surface area contributed by atoms with Crippen LogP contribution in [0.4, 0.5) is 0 Å². The number of nitrogens with one attached hydrogen (secondary N) is 2. The largest absolute Gasteiger partial charge is 0.362 e. The first kappa shape index (κ1) is 4.96. The zero-order valence-electron chi connectivity index (χ0n) is 4.26. The van der Waals surface area contributed by atoms with Crippen molar-refractivity contribution in [2.45, 2.75) is 0 Å². The van der Waals surface area contributed by atoms with Crippen molar-refractivity contribution in [1.29, 1.82) is 5.53 Å². The Hall–Kier alpha value is -1.19. The Balaban J connectivity index is 2.63. The lowest BCUT2D eigenvalue weighted by Crippen LogP contribution is -2.16. The van der Waals surface area contributed by atoms with Gasteiger partial charge in [-0.2, -0.15) is 0 Å². The molecule has 0 unspecified atom stereocenters. The van der Waals surface area contributed by atoms with Crippen LogP contribution in [0.5, 0.6) is 0 Å². The van der Waals surface area contributed by atoms with Gasteiger partial charge in [0, 0.05) is 6.21 Å². The second-order valence-corrected chi connectivity index (χ2v) is 1.34. The van der Waals surface area contributed by atoms with Crippen LogP contribution in [0, 0.1) is 5.53 Å². The molecule has 1 aliphatic rings. The second-order valence-electron chi connectivity index (χ2n) is 1.34. The van der Waals surface area contributed by atoms with Crippen molar-refractivity contribution in [3.05, 3.63) is 12.0 Å². The lowest BCUT2D eigenvalue weighted by molar-refractivity contribution is 0.843. The van der Waals surface area contributed by atoms with Crippen LogP contribution in [-0.2, 0) is 0 Å². The van der Waals surface area contributed by atoms with E-state index in [1.807, 2.05) is 0 Å². The molecule has 0 spiro atoms. The lowest BCUT2D eigenvalue weighted by atomic mass is 10.6. The van der Waals surface area contributed by atoms with E-state index >= 15 is 0 Å². The third-order valence-corrected chi connectivity index (χ3v) is 0.797. The molecule has 8 heavy (non-hydrogen) atoms. The van der Waals surface area contributed by atoms with Crippen LogP contribution in [0.1, 0.15) is 0 Å². The molecule has 0 amide bonds. The molecule has 42 valence electrons. The summed E-state index contributed by atoms with van der Waals surface area (Å²) in [5, 5.41) is 5.96. The van der Waals surface area contributed by atoms with E-state index in [1.165, 1.54) is 6.20 Å². The molecular formula is C4H6N4. The highest BCUT2D eigenvalue weighted by atomic mass is 15.1. The summed E-state index contributed by atoms with van der Waals surface area (Å²) in [5.74, 6) is 0.521. The molecule has 1 aliphatic heterocycles. The maximum Gasteiger partial charge on any atom is 0.166 e. The third-order valence-electron chi connectivity index (χ3n) is 0.797. The summed E-state index contributed by atoms with van der Waals surface area (Å²) in [6.07, 6.45) is 3.23. The highest BCUT2D eigenvalue weighted by molar-refractivity contribution is 5.62. The van der Waals surface area contributed by atoms with Gasteiger partial charge in [0.1, 0.15) is 0 Å². The molecule has 0 saturated carbocycles. The van der Waals surface area contributed by atoms with E-state index in [9.17, 15) is 0 Å². The zero-order valence-corrected chi connectivity index (χ0v) is 4.26. The van der Waals surface area contributed by atoms with E-state index in [0.29, 0.717) is 12.4 Å². The monoisotopic (exact) mass is 110 g/mol. The Morgan fingerprint density at radius 3 is 3.12 bits per heavy atom. The van der Waals surface area contributed by atoms with Crippen molar-refractivity contribution in [2.24, 2.45) is 10.1 Å². The van der Waals surface area contributed by atoms with E-state index in [-0.39, 0.29) is 0 Å². The van der Waals surface area contributed by atoms with Gasteiger partial charge in [0.2, 0.25) is 0 Å². The first-order valence-electron chi connectivity index (χ1n) is 2.26. The normalized spacial score (nSPS) is 16.8. The molecule has 0 atom stereocenters. The number of aliphatic imine (C=N–C) groups is 1. The van der Waals surface area contributed by atoms with Crippen LogP contribution >= 0.6 is 0 Å². The van der Waals surface area contributed by atoms with Gasteiger partial charge in [-0.15, -0.1) is 5.11 Å². The number of hydrogen-bond acceptors (Lipinski definition) is 4. The van der Waals surface area contributed by atoms with Crippen LogP contribution < -0.4 is 5.32 Å². The zero-order chi connectivity index (χ0) is 5.82. The molecule has 0 radical (unpaired) electrons. The summed E-state index contributed by atoms with van der Waals surface area (Å²) in [6, 6.07) is 0. The van der Waals surface area contributed by atoms with E-state index in [2.05, 4.69) is 15.4 Å². The average Bonchev–Trinajstić information content (AvgIpc) is 1.90. The van der Waals surface area contributed by atoms with Crippen LogP contribution in [0.15, 0.2) is 22.1 Å². The van der Waals surface area contributed by atoms with Gasteiger partial charge in [-0.3, -0.25) is 4.99 Å². The smallest absolute Gasteiger partial charge is 0.166 e. The fraction of sp³-hybridized carbons (Fsp3) is 0.250. The fourth-order valence-electron chi connectivity index (χ4n) is 0.440. The Morgan fingerprint density at radius 1 is 1.88 bits per heavy atom. The SMILES string of the molecule is N=NC1=CN=CCN1. The first-order chi connectivity index (χ1) is 3.93. The van der Waals surface area contributed by atoms with Gasteiger partial charge in [0.05, 0.1) is 12.7 Å². The predicted octanol–water partition coefficient (Wildman–Crippen LogP) is 0.490. The van der Waals surface area contributed by atoms with E-state index < -0.39 is 0 Å². The summed E-state index contributed by atoms with van der Waals surface area (Å²) >= 11 is 0. The van der Waals surface area contributed by atoms with Gasteiger partial charge in [-0.25, -0.2) is 5.53 Å². The predicted molar refractivity (Wildman–Crippen MR) is 29.7 cm³/mol. The molecule has 0 aromatic rings. The van der Waals surface area contributed by atoms with Gasteiger partial charge in [0.15, 0.2) is 5.82 Å². The van der Waals surface area contributed by atoms with Crippen LogP contribution in [0.2, 0.25) is 0 Å². The lowest BCUT2D eigenvalue weighted by Gasteiger charge is -2.02. The van der Waals surface area contributed by atoms with Crippen molar-refractivity contribution in [2.75, 3.05) is 6.54 Å². The fourth-order valence-corrected chi connectivity index (χ4v) is 0.440. The molecule has 0 saturated heterocycles. The van der Waals surface area contributed by atoms with Crippen molar-refractivity contribution in [3.63, 3.8) is 0 Å². The average molecular weight is 110 g/mol. The third kappa shape index (κ3) is 0.900. The van der Waals surface area contributed by atoms with Gasteiger partial charge in [-0.05, 0) is 0 Å². The van der Waals surface area contributed by atoms with Crippen molar-refractivity contribution in [3.8, 4) is 0 Å². The van der Waals surface area contributed by atoms with Gasteiger partial charge in [-0.1, -0.05) is 0 Å². The molecule has 1 heterocycles. The van der Waals surface area contributed by atoms with Crippen molar-refractivity contribution < 1.29 is 0 Å². The quantitative estimate of drug-likeness (QED) is 0.474. The van der Waals surface area contributed by atoms with E-state index in [0.717, 1.165) is 0 Å². The maximum absolute atomic E-state index is 6.52.